The molecule has 4 nitrogen and oxygen atoms in total. The van der Waals surface area contributed by atoms with Crippen molar-refractivity contribution in [3.8, 4) is 0 Å². The SMILES string of the molecule is O=C(C(F)(F)F)C(F)(F)OC(F)(OC(F)(F)C(F)(F)OC(F)(F)F)C(F)(F)F. The molecule has 0 saturated carbocycles. The largest absolute Gasteiger partial charge is 0.527 e. The van der Waals surface area contributed by atoms with Crippen LogP contribution in [0, 0.1) is 0 Å². The summed E-state index contributed by atoms with van der Waals surface area (Å²) in [6, 6.07) is -7.36. The summed E-state index contributed by atoms with van der Waals surface area (Å²) in [7, 11) is 0. The molecule has 0 rings (SSSR count). The zero-order valence-corrected chi connectivity index (χ0v) is 11.7. The minimum absolute atomic E-state index is 1.35. The van der Waals surface area contributed by atoms with E-state index in [-0.39, 0.29) is 0 Å². The van der Waals surface area contributed by atoms with Gasteiger partial charge in [-0.2, -0.15) is 57.1 Å². The minimum atomic E-state index is -7.49. The third kappa shape index (κ3) is 6.22. The van der Waals surface area contributed by atoms with Crippen LogP contribution in [0.3, 0.4) is 0 Å². The van der Waals surface area contributed by atoms with Crippen LogP contribution in [0.15, 0.2) is 0 Å². The molecular weight excluding hydrogens is 464 g/mol. The zero-order chi connectivity index (χ0) is 23.2. The summed E-state index contributed by atoms with van der Waals surface area (Å²) in [6.07, 6.45) is -42.7. The smallest absolute Gasteiger partial charge is 0.280 e. The summed E-state index contributed by atoms with van der Waals surface area (Å²) >= 11 is 0. The maximum absolute atomic E-state index is 13.3. The van der Waals surface area contributed by atoms with Crippen LogP contribution < -0.4 is 0 Å². The summed E-state index contributed by atoms with van der Waals surface area (Å²) in [4.78, 5) is 10.1. The van der Waals surface area contributed by atoms with E-state index < -0.39 is 48.9 Å². The van der Waals surface area contributed by atoms with Crippen LogP contribution in [0.1, 0.15) is 0 Å². The van der Waals surface area contributed by atoms with Gasteiger partial charge in [-0.15, -0.1) is 13.2 Å². The first-order valence-electron chi connectivity index (χ1n) is 5.45. The Kier molecular flexibility index (Phi) is 6.65. The number of ether oxygens (including phenoxy) is 3. The van der Waals surface area contributed by atoms with Crippen molar-refractivity contribution in [2.24, 2.45) is 0 Å². The van der Waals surface area contributed by atoms with E-state index in [2.05, 4.69) is 0 Å². The predicted molar refractivity (Wildman–Crippen MR) is 45.1 cm³/mol. The molecule has 0 saturated heterocycles. The summed E-state index contributed by atoms with van der Waals surface area (Å²) in [6.45, 7) is 0. The molecule has 0 heterocycles. The Morgan fingerprint density at radius 1 is 0.536 bits per heavy atom. The van der Waals surface area contributed by atoms with Gasteiger partial charge in [-0.3, -0.25) is 4.79 Å². The number of ketones is 1. The van der Waals surface area contributed by atoms with Gasteiger partial charge in [0, 0.05) is 0 Å². The molecule has 20 heteroatoms. The van der Waals surface area contributed by atoms with E-state index in [1.807, 2.05) is 0 Å². The molecule has 1 unspecified atom stereocenters. The van der Waals surface area contributed by atoms with E-state index in [1.54, 1.807) is 4.74 Å². The molecule has 0 fully saturated rings. The standard InChI is InChI=1S/C8F16O4/c9-2(10,11)1(25)3(12,13)26-7(21,4(14,15)16)27-5(17,18)6(19,20)28-8(22,23)24. The van der Waals surface area contributed by atoms with Crippen LogP contribution in [0.4, 0.5) is 70.2 Å². The van der Waals surface area contributed by atoms with Gasteiger partial charge in [-0.05, 0) is 0 Å². The molecular formula is C8F16O4. The van der Waals surface area contributed by atoms with Crippen LogP contribution in [0.2, 0.25) is 0 Å². The molecule has 0 aliphatic heterocycles. The molecule has 0 N–H and O–H groups in total. The zero-order valence-electron chi connectivity index (χ0n) is 11.7. The first kappa shape index (κ1) is 26.4. The number of carbonyl (C=O) groups is 1. The average Bonchev–Trinajstić information content (AvgIpc) is 2.30. The summed E-state index contributed by atoms with van der Waals surface area (Å²) in [5, 5.41) is 0. The number of rotatable bonds is 7. The molecule has 0 spiro atoms. The average molecular weight is 464 g/mol. The molecule has 1 atom stereocenters. The van der Waals surface area contributed by atoms with E-state index in [0.29, 0.717) is 0 Å². The predicted octanol–water partition coefficient (Wildman–Crippen LogP) is 4.65. The van der Waals surface area contributed by atoms with E-state index in [1.165, 1.54) is 9.47 Å². The lowest BCUT2D eigenvalue weighted by atomic mass is 10.3. The van der Waals surface area contributed by atoms with E-state index in [0.717, 1.165) is 0 Å². The first-order chi connectivity index (χ1) is 11.8. The van der Waals surface area contributed by atoms with Gasteiger partial charge in [-0.25, -0.2) is 14.2 Å². The third-order valence-electron chi connectivity index (χ3n) is 1.96. The van der Waals surface area contributed by atoms with Gasteiger partial charge in [0.05, 0.1) is 0 Å². The number of carbonyl (C=O) groups excluding carboxylic acids is 1. The lowest BCUT2D eigenvalue weighted by Crippen LogP contribution is -2.60. The number of hydrogen-bond acceptors (Lipinski definition) is 4. The number of alkyl halides is 16. The van der Waals surface area contributed by atoms with Crippen LogP contribution >= 0.6 is 0 Å². The molecule has 0 aliphatic rings. The van der Waals surface area contributed by atoms with Gasteiger partial charge in [0.1, 0.15) is 0 Å². The van der Waals surface area contributed by atoms with Gasteiger partial charge < -0.3 is 0 Å². The molecule has 0 bridgehead atoms. The molecule has 0 aromatic carbocycles. The van der Waals surface area contributed by atoms with Crippen molar-refractivity contribution in [3.63, 3.8) is 0 Å². The van der Waals surface area contributed by atoms with Crippen LogP contribution in [-0.2, 0) is 19.0 Å². The van der Waals surface area contributed by atoms with Crippen molar-refractivity contribution in [1.29, 1.82) is 0 Å². The van der Waals surface area contributed by atoms with E-state index in [4.69, 9.17) is 0 Å². The lowest BCUT2D eigenvalue weighted by Gasteiger charge is -2.34. The fraction of sp³-hybridized carbons (Fsp3) is 0.875. The molecule has 168 valence electrons. The van der Waals surface area contributed by atoms with Crippen LogP contribution in [0.5, 0.6) is 0 Å². The van der Waals surface area contributed by atoms with Gasteiger partial charge in [-0.1, -0.05) is 0 Å². The maximum Gasteiger partial charge on any atom is 0.527 e. The van der Waals surface area contributed by atoms with Crippen LogP contribution in [0.25, 0.3) is 0 Å². The van der Waals surface area contributed by atoms with Gasteiger partial charge in [0.25, 0.3) is 0 Å². The molecule has 0 amide bonds. The molecule has 0 aromatic rings. The van der Waals surface area contributed by atoms with Crippen LogP contribution in [-0.4, -0.2) is 48.9 Å². The normalized spacial score (nSPS) is 17.4. The summed E-state index contributed by atoms with van der Waals surface area (Å²) in [5.74, 6) is -4.64. The van der Waals surface area contributed by atoms with Crippen molar-refractivity contribution >= 4 is 5.78 Å². The number of halogens is 16. The first-order valence-corrected chi connectivity index (χ1v) is 5.45. The highest BCUT2D eigenvalue weighted by Gasteiger charge is 2.76. The number of Topliss-reactive ketones (excluding diaryl/α,β-unsaturated/α-hetero) is 1. The maximum atomic E-state index is 13.3. The van der Waals surface area contributed by atoms with E-state index >= 15 is 0 Å². The highest BCUT2D eigenvalue weighted by molar-refractivity contribution is 5.89. The molecule has 0 aromatic heterocycles. The van der Waals surface area contributed by atoms with Crippen molar-refractivity contribution in [1.82, 2.24) is 0 Å². The highest BCUT2D eigenvalue weighted by atomic mass is 19.4. The van der Waals surface area contributed by atoms with Gasteiger partial charge in [0.15, 0.2) is 0 Å². The van der Waals surface area contributed by atoms with Crippen molar-refractivity contribution in [2.75, 3.05) is 0 Å². The lowest BCUT2D eigenvalue weighted by molar-refractivity contribution is -0.576. The van der Waals surface area contributed by atoms with E-state index in [9.17, 15) is 75.0 Å². The Bertz CT molecular complexity index is 573. The van der Waals surface area contributed by atoms with Gasteiger partial charge in [0.2, 0.25) is 0 Å². The second-order valence-corrected chi connectivity index (χ2v) is 4.16. The quantitative estimate of drug-likeness (QED) is 0.407. The van der Waals surface area contributed by atoms with Crippen molar-refractivity contribution < 1.29 is 89.3 Å². The Morgan fingerprint density at radius 3 is 1.18 bits per heavy atom. The Labute approximate surface area is 139 Å². The third-order valence-corrected chi connectivity index (χ3v) is 1.96. The molecule has 0 aliphatic carbocycles. The second kappa shape index (κ2) is 7.04. The Balaban J connectivity index is 6.04. The second-order valence-electron chi connectivity index (χ2n) is 4.16. The van der Waals surface area contributed by atoms with Gasteiger partial charge >= 0.3 is 48.9 Å². The number of hydrogen-bond donors (Lipinski definition) is 0. The summed E-state index contributed by atoms with van der Waals surface area (Å²) in [5.41, 5.74) is 0. The minimum Gasteiger partial charge on any atom is -0.280 e. The summed E-state index contributed by atoms with van der Waals surface area (Å²) < 4.78 is 200. The Hall–Kier alpha value is -1.57. The monoisotopic (exact) mass is 464 g/mol. The van der Waals surface area contributed by atoms with Crippen molar-refractivity contribution in [2.45, 2.75) is 43.1 Å². The topological polar surface area (TPSA) is 44.8 Å². The fourth-order valence-corrected chi connectivity index (χ4v) is 0.942. The fourth-order valence-electron chi connectivity index (χ4n) is 0.942. The Morgan fingerprint density at radius 2 is 0.893 bits per heavy atom. The van der Waals surface area contributed by atoms with Crippen molar-refractivity contribution in [3.05, 3.63) is 0 Å². The molecule has 28 heavy (non-hydrogen) atoms. The highest BCUT2D eigenvalue weighted by Crippen LogP contribution is 2.49. The molecule has 0 radical (unpaired) electrons.